The number of fused-ring (bicyclic) bond motifs is 1. The Kier molecular flexibility index (Phi) is 4.78. The quantitative estimate of drug-likeness (QED) is 0.686. The van der Waals surface area contributed by atoms with Crippen molar-refractivity contribution in [3.05, 3.63) is 35.4 Å². The van der Waals surface area contributed by atoms with Crippen LogP contribution in [-0.4, -0.2) is 24.5 Å². The summed E-state index contributed by atoms with van der Waals surface area (Å²) in [4.78, 5) is 11.0. The van der Waals surface area contributed by atoms with Crippen molar-refractivity contribution >= 4 is 21.9 Å². The molecule has 0 bridgehead atoms. The molecule has 1 aromatic carbocycles. The number of rotatable bonds is 4. The Morgan fingerprint density at radius 2 is 2.33 bits per heavy atom. The number of alkyl halides is 1. The Labute approximate surface area is 116 Å². The van der Waals surface area contributed by atoms with Gasteiger partial charge in [-0.15, -0.1) is 0 Å². The summed E-state index contributed by atoms with van der Waals surface area (Å²) in [6.45, 7) is 0.589. The third kappa shape index (κ3) is 3.12. The highest BCUT2D eigenvalue weighted by atomic mass is 79.9. The van der Waals surface area contributed by atoms with Gasteiger partial charge in [0.15, 0.2) is 0 Å². The van der Waals surface area contributed by atoms with Crippen molar-refractivity contribution in [2.75, 3.05) is 13.7 Å². The molecule has 0 heterocycles. The highest BCUT2D eigenvalue weighted by Gasteiger charge is 2.22. The summed E-state index contributed by atoms with van der Waals surface area (Å²) in [5, 5.41) is 3.45. The highest BCUT2D eigenvalue weighted by molar-refractivity contribution is 9.10. The van der Waals surface area contributed by atoms with Gasteiger partial charge in [-0.05, 0) is 30.4 Å². The topological polar surface area (TPSA) is 38.3 Å². The summed E-state index contributed by atoms with van der Waals surface area (Å²) in [6.07, 6.45) is 3.47. The fraction of sp³-hybridized carbons (Fsp3) is 0.500. The third-order valence-electron chi connectivity index (χ3n) is 3.37. The number of benzene rings is 1. The standard InChI is InChI=1S/C14H18BrNO2/c1-18-14(17)12(15)9-16-13-8-4-6-10-5-2-3-7-11(10)13/h2-3,5,7,12-13,16H,4,6,8-9H2,1H3. The molecular formula is C14H18BrNO2. The van der Waals surface area contributed by atoms with Crippen molar-refractivity contribution in [2.45, 2.75) is 30.1 Å². The molecule has 3 nitrogen and oxygen atoms in total. The van der Waals surface area contributed by atoms with Crippen LogP contribution in [0.4, 0.5) is 0 Å². The molecule has 0 aliphatic heterocycles. The molecule has 0 saturated heterocycles. The van der Waals surface area contributed by atoms with Gasteiger partial charge in [0.25, 0.3) is 0 Å². The number of carbonyl (C=O) groups is 1. The highest BCUT2D eigenvalue weighted by Crippen LogP contribution is 2.29. The minimum Gasteiger partial charge on any atom is -0.468 e. The number of aryl methyl sites for hydroxylation is 1. The van der Waals surface area contributed by atoms with E-state index in [2.05, 4.69) is 45.5 Å². The largest absolute Gasteiger partial charge is 0.468 e. The van der Waals surface area contributed by atoms with E-state index in [0.29, 0.717) is 12.6 Å². The fourth-order valence-electron chi connectivity index (χ4n) is 2.42. The van der Waals surface area contributed by atoms with E-state index in [1.165, 1.54) is 24.7 Å². The number of nitrogens with one attached hydrogen (secondary N) is 1. The van der Waals surface area contributed by atoms with Crippen LogP contribution in [0.3, 0.4) is 0 Å². The summed E-state index contributed by atoms with van der Waals surface area (Å²) in [6, 6.07) is 8.87. The molecule has 0 radical (unpaired) electrons. The Balaban J connectivity index is 1.97. The van der Waals surface area contributed by atoms with Crippen LogP contribution in [0.2, 0.25) is 0 Å². The molecule has 2 unspecified atom stereocenters. The van der Waals surface area contributed by atoms with Gasteiger partial charge in [0.05, 0.1) is 7.11 Å². The van der Waals surface area contributed by atoms with Gasteiger partial charge < -0.3 is 10.1 Å². The lowest BCUT2D eigenvalue weighted by atomic mass is 9.88. The lowest BCUT2D eigenvalue weighted by Crippen LogP contribution is -2.33. The minimum atomic E-state index is -0.281. The van der Waals surface area contributed by atoms with E-state index >= 15 is 0 Å². The molecule has 0 spiro atoms. The van der Waals surface area contributed by atoms with Crippen LogP contribution in [0.15, 0.2) is 24.3 Å². The Hall–Kier alpha value is -0.870. The number of methoxy groups -OCH3 is 1. The number of halogens is 1. The van der Waals surface area contributed by atoms with E-state index in [1.54, 1.807) is 0 Å². The fourth-order valence-corrected chi connectivity index (χ4v) is 2.80. The van der Waals surface area contributed by atoms with Crippen molar-refractivity contribution in [2.24, 2.45) is 0 Å². The van der Waals surface area contributed by atoms with Crippen molar-refractivity contribution in [1.29, 1.82) is 0 Å². The number of hydrogen-bond acceptors (Lipinski definition) is 3. The molecule has 98 valence electrons. The van der Waals surface area contributed by atoms with Crippen LogP contribution in [0.25, 0.3) is 0 Å². The van der Waals surface area contributed by atoms with Crippen LogP contribution in [0.5, 0.6) is 0 Å². The molecule has 1 aliphatic rings. The summed E-state index contributed by atoms with van der Waals surface area (Å²) in [5.41, 5.74) is 2.79. The van der Waals surface area contributed by atoms with Crippen LogP contribution >= 0.6 is 15.9 Å². The second kappa shape index (κ2) is 6.34. The monoisotopic (exact) mass is 311 g/mol. The van der Waals surface area contributed by atoms with E-state index in [-0.39, 0.29) is 10.8 Å². The van der Waals surface area contributed by atoms with Crippen molar-refractivity contribution in [3.63, 3.8) is 0 Å². The Morgan fingerprint density at radius 1 is 1.56 bits per heavy atom. The Bertz CT molecular complexity index is 422. The van der Waals surface area contributed by atoms with E-state index in [1.807, 2.05) is 0 Å². The average molecular weight is 312 g/mol. The normalized spacial score (nSPS) is 20.0. The van der Waals surface area contributed by atoms with Gasteiger partial charge in [-0.3, -0.25) is 4.79 Å². The van der Waals surface area contributed by atoms with E-state index in [4.69, 9.17) is 4.74 Å². The molecule has 0 saturated carbocycles. The van der Waals surface area contributed by atoms with Crippen molar-refractivity contribution in [1.82, 2.24) is 5.32 Å². The molecular weight excluding hydrogens is 294 g/mol. The second-order valence-corrected chi connectivity index (χ2v) is 5.65. The van der Waals surface area contributed by atoms with Crippen molar-refractivity contribution < 1.29 is 9.53 Å². The van der Waals surface area contributed by atoms with Gasteiger partial charge in [0.2, 0.25) is 0 Å². The van der Waals surface area contributed by atoms with E-state index < -0.39 is 0 Å². The molecule has 4 heteroatoms. The first-order valence-corrected chi connectivity index (χ1v) is 7.17. The smallest absolute Gasteiger partial charge is 0.320 e. The first-order chi connectivity index (χ1) is 8.72. The van der Waals surface area contributed by atoms with Gasteiger partial charge >= 0.3 is 5.97 Å². The van der Waals surface area contributed by atoms with Crippen LogP contribution in [0.1, 0.15) is 30.0 Å². The lowest BCUT2D eigenvalue weighted by Gasteiger charge is -2.27. The first-order valence-electron chi connectivity index (χ1n) is 6.25. The minimum absolute atomic E-state index is 0.230. The summed E-state index contributed by atoms with van der Waals surface area (Å²) < 4.78 is 4.70. The maximum atomic E-state index is 11.3. The zero-order valence-corrected chi connectivity index (χ0v) is 12.1. The van der Waals surface area contributed by atoms with Gasteiger partial charge in [0.1, 0.15) is 4.83 Å². The number of ether oxygens (including phenoxy) is 1. The van der Waals surface area contributed by atoms with Gasteiger partial charge in [-0.1, -0.05) is 40.2 Å². The van der Waals surface area contributed by atoms with Crippen LogP contribution in [0, 0.1) is 0 Å². The molecule has 1 aromatic rings. The molecule has 18 heavy (non-hydrogen) atoms. The predicted octanol–water partition coefficient (Wildman–Crippen LogP) is 2.59. The summed E-state index contributed by atoms with van der Waals surface area (Å²) in [5.74, 6) is -0.230. The molecule has 0 aromatic heterocycles. The summed E-state index contributed by atoms with van der Waals surface area (Å²) >= 11 is 3.33. The van der Waals surface area contributed by atoms with Crippen molar-refractivity contribution in [3.8, 4) is 0 Å². The zero-order valence-electron chi connectivity index (χ0n) is 10.5. The van der Waals surface area contributed by atoms with Gasteiger partial charge in [-0.2, -0.15) is 0 Å². The number of carbonyl (C=O) groups excluding carboxylic acids is 1. The molecule has 0 amide bonds. The molecule has 1 N–H and O–H groups in total. The van der Waals surface area contributed by atoms with Gasteiger partial charge in [-0.25, -0.2) is 0 Å². The molecule has 2 atom stereocenters. The molecule has 0 fully saturated rings. The third-order valence-corrected chi connectivity index (χ3v) is 4.07. The second-order valence-electron chi connectivity index (χ2n) is 4.54. The van der Waals surface area contributed by atoms with E-state index in [0.717, 1.165) is 12.8 Å². The maximum Gasteiger partial charge on any atom is 0.320 e. The number of hydrogen-bond donors (Lipinski definition) is 1. The Morgan fingerprint density at radius 3 is 3.11 bits per heavy atom. The number of esters is 1. The summed E-state index contributed by atoms with van der Waals surface area (Å²) in [7, 11) is 1.41. The SMILES string of the molecule is COC(=O)C(Br)CNC1CCCc2ccccc21. The first kappa shape index (κ1) is 13.6. The zero-order chi connectivity index (χ0) is 13.0. The van der Waals surface area contributed by atoms with Gasteiger partial charge in [0, 0.05) is 12.6 Å². The van der Waals surface area contributed by atoms with Crippen LogP contribution in [-0.2, 0) is 16.0 Å². The predicted molar refractivity (Wildman–Crippen MR) is 74.9 cm³/mol. The van der Waals surface area contributed by atoms with Crippen LogP contribution < -0.4 is 5.32 Å². The average Bonchev–Trinajstić information content (AvgIpc) is 2.43. The maximum absolute atomic E-state index is 11.3. The molecule has 2 rings (SSSR count). The van der Waals surface area contributed by atoms with E-state index in [9.17, 15) is 4.79 Å². The lowest BCUT2D eigenvalue weighted by molar-refractivity contribution is -0.139. The molecule has 1 aliphatic carbocycles.